The first-order valence-electron chi connectivity index (χ1n) is 8.37. The van der Waals surface area contributed by atoms with Crippen LogP contribution in [0.2, 0.25) is 0 Å². The second-order valence-corrected chi connectivity index (χ2v) is 6.58. The lowest BCUT2D eigenvalue weighted by Crippen LogP contribution is -2.32. The maximum absolute atomic E-state index is 3.54. The minimum absolute atomic E-state index is 0.708. The Morgan fingerprint density at radius 2 is 1.85 bits per heavy atom. The molecular weight excluding hydrogens is 244 g/mol. The molecule has 1 saturated carbocycles. The fourth-order valence-corrected chi connectivity index (χ4v) is 3.86. The molecule has 1 N–H and O–H groups in total. The van der Waals surface area contributed by atoms with Gasteiger partial charge in [-0.1, -0.05) is 43.9 Å². The van der Waals surface area contributed by atoms with Crippen LogP contribution in [0.4, 0.5) is 5.69 Å². The van der Waals surface area contributed by atoms with Gasteiger partial charge in [-0.15, -0.1) is 0 Å². The van der Waals surface area contributed by atoms with Crippen LogP contribution in [0.1, 0.15) is 56.4 Å². The van der Waals surface area contributed by atoms with E-state index in [1.54, 1.807) is 0 Å². The summed E-state index contributed by atoms with van der Waals surface area (Å²) in [6.45, 7) is 2.36. The molecule has 0 bridgehead atoms. The van der Waals surface area contributed by atoms with Crippen molar-refractivity contribution in [2.24, 2.45) is 0 Å². The Bertz CT molecular complexity index is 421. The summed E-state index contributed by atoms with van der Waals surface area (Å²) >= 11 is 0. The molecule has 2 aliphatic rings. The van der Waals surface area contributed by atoms with Crippen LogP contribution in [0.5, 0.6) is 0 Å². The van der Waals surface area contributed by atoms with Crippen LogP contribution in [0.15, 0.2) is 24.3 Å². The molecule has 0 saturated heterocycles. The number of nitrogens with zero attached hydrogens (tertiary/aromatic N) is 1. The Balaban J connectivity index is 1.52. The Kier molecular flexibility index (Phi) is 4.62. The highest BCUT2D eigenvalue weighted by Gasteiger charge is 2.23. The zero-order valence-corrected chi connectivity index (χ0v) is 12.8. The topological polar surface area (TPSA) is 15.3 Å². The van der Waals surface area contributed by atoms with Crippen molar-refractivity contribution in [3.63, 3.8) is 0 Å². The van der Waals surface area contributed by atoms with Crippen molar-refractivity contribution in [2.75, 3.05) is 25.5 Å². The molecule has 1 aromatic rings. The Morgan fingerprint density at radius 1 is 1.10 bits per heavy atom. The first-order valence-corrected chi connectivity index (χ1v) is 8.37. The van der Waals surface area contributed by atoms with E-state index in [1.807, 2.05) is 0 Å². The largest absolute Gasteiger partial charge is 0.384 e. The number of nitrogens with one attached hydrogen (secondary N) is 1. The van der Waals surface area contributed by atoms with Crippen molar-refractivity contribution < 1.29 is 0 Å². The highest BCUT2D eigenvalue weighted by molar-refractivity contribution is 5.57. The van der Waals surface area contributed by atoms with E-state index < -0.39 is 0 Å². The summed E-state index contributed by atoms with van der Waals surface area (Å²) in [4.78, 5) is 2.63. The van der Waals surface area contributed by atoms with E-state index in [-0.39, 0.29) is 0 Å². The molecular formula is C18H28N2. The quantitative estimate of drug-likeness (QED) is 0.825. The molecule has 20 heavy (non-hydrogen) atoms. The van der Waals surface area contributed by atoms with Crippen LogP contribution >= 0.6 is 0 Å². The van der Waals surface area contributed by atoms with Crippen molar-refractivity contribution in [1.82, 2.24) is 4.90 Å². The highest BCUT2D eigenvalue weighted by Crippen LogP contribution is 2.33. The van der Waals surface area contributed by atoms with Crippen molar-refractivity contribution >= 4 is 5.69 Å². The minimum atomic E-state index is 0.708. The van der Waals surface area contributed by atoms with Gasteiger partial charge in [0.15, 0.2) is 0 Å². The normalized spacial score (nSPS) is 23.4. The number of rotatable bonds is 4. The Morgan fingerprint density at radius 3 is 2.65 bits per heavy atom. The summed E-state index contributed by atoms with van der Waals surface area (Å²) in [5.74, 6) is 0.708. The number of anilines is 1. The number of hydrogen-bond donors (Lipinski definition) is 1. The molecule has 1 aliphatic carbocycles. The van der Waals surface area contributed by atoms with Crippen molar-refractivity contribution in [3.8, 4) is 0 Å². The van der Waals surface area contributed by atoms with Gasteiger partial charge in [-0.05, 0) is 44.5 Å². The Hall–Kier alpha value is -1.02. The monoisotopic (exact) mass is 272 g/mol. The summed E-state index contributed by atoms with van der Waals surface area (Å²) in [7, 11) is 2.34. The lowest BCUT2D eigenvalue weighted by Gasteiger charge is -2.28. The van der Waals surface area contributed by atoms with E-state index >= 15 is 0 Å². The highest BCUT2D eigenvalue weighted by atomic mass is 15.1. The molecule has 2 heteroatoms. The maximum atomic E-state index is 3.54. The first kappa shape index (κ1) is 13.9. The van der Waals surface area contributed by atoms with Gasteiger partial charge in [0.1, 0.15) is 0 Å². The number of hydrogen-bond acceptors (Lipinski definition) is 2. The van der Waals surface area contributed by atoms with E-state index in [2.05, 4.69) is 41.5 Å². The van der Waals surface area contributed by atoms with Crippen molar-refractivity contribution in [1.29, 1.82) is 0 Å². The summed E-state index contributed by atoms with van der Waals surface area (Å²) in [6, 6.07) is 9.65. The van der Waals surface area contributed by atoms with Crippen LogP contribution < -0.4 is 5.32 Å². The molecule has 0 aromatic heterocycles. The second kappa shape index (κ2) is 6.62. The van der Waals surface area contributed by atoms with Gasteiger partial charge in [0.25, 0.3) is 0 Å². The fraction of sp³-hybridized carbons (Fsp3) is 0.667. The first-order chi connectivity index (χ1) is 9.84. The molecule has 1 aromatic carbocycles. The summed E-state index contributed by atoms with van der Waals surface area (Å²) in [5.41, 5.74) is 2.89. The van der Waals surface area contributed by atoms with Gasteiger partial charge in [-0.2, -0.15) is 0 Å². The molecule has 1 heterocycles. The standard InChI is InChI=1S/C18H28N2/c1-20(16-8-4-2-3-5-9-16)13-12-15-14-19-18-11-7-6-10-17(15)18/h6-7,10-11,15-16,19H,2-5,8-9,12-14H2,1H3. The van der Waals surface area contributed by atoms with Gasteiger partial charge in [-0.3, -0.25) is 0 Å². The molecule has 1 atom stereocenters. The van der Waals surface area contributed by atoms with E-state index in [0.717, 1.165) is 12.6 Å². The lowest BCUT2D eigenvalue weighted by molar-refractivity contribution is 0.214. The fourth-order valence-electron chi connectivity index (χ4n) is 3.86. The summed E-state index contributed by atoms with van der Waals surface area (Å²) in [6.07, 6.45) is 9.88. The molecule has 0 amide bonds. The number of fused-ring (bicyclic) bond motifs is 1. The average molecular weight is 272 g/mol. The summed E-state index contributed by atoms with van der Waals surface area (Å²) < 4.78 is 0. The lowest BCUT2D eigenvalue weighted by atomic mass is 9.97. The smallest absolute Gasteiger partial charge is 0.0376 e. The molecule has 110 valence electrons. The van der Waals surface area contributed by atoms with Crippen LogP contribution in [0.3, 0.4) is 0 Å². The van der Waals surface area contributed by atoms with Crippen LogP contribution in [-0.2, 0) is 0 Å². The van der Waals surface area contributed by atoms with Gasteiger partial charge in [0.05, 0.1) is 0 Å². The summed E-state index contributed by atoms with van der Waals surface area (Å²) in [5, 5.41) is 3.54. The van der Waals surface area contributed by atoms with Gasteiger partial charge < -0.3 is 10.2 Å². The third kappa shape index (κ3) is 3.17. The van der Waals surface area contributed by atoms with E-state index in [9.17, 15) is 0 Å². The van der Waals surface area contributed by atoms with Crippen LogP contribution in [-0.4, -0.2) is 31.1 Å². The van der Waals surface area contributed by atoms with E-state index in [0.29, 0.717) is 5.92 Å². The predicted octanol–water partition coefficient (Wildman–Crippen LogP) is 4.24. The van der Waals surface area contributed by atoms with Gasteiger partial charge in [-0.25, -0.2) is 0 Å². The molecule has 1 aliphatic heterocycles. The average Bonchev–Trinajstić information content (AvgIpc) is 2.70. The van der Waals surface area contributed by atoms with Crippen molar-refractivity contribution in [2.45, 2.75) is 56.9 Å². The van der Waals surface area contributed by atoms with Crippen LogP contribution in [0.25, 0.3) is 0 Å². The number of para-hydroxylation sites is 1. The zero-order valence-electron chi connectivity index (χ0n) is 12.8. The third-order valence-corrected chi connectivity index (χ3v) is 5.22. The molecule has 0 radical (unpaired) electrons. The molecule has 3 rings (SSSR count). The minimum Gasteiger partial charge on any atom is -0.384 e. The van der Waals surface area contributed by atoms with Crippen molar-refractivity contribution in [3.05, 3.63) is 29.8 Å². The second-order valence-electron chi connectivity index (χ2n) is 6.58. The number of benzene rings is 1. The predicted molar refractivity (Wildman–Crippen MR) is 86.4 cm³/mol. The SMILES string of the molecule is CN(CCC1CNc2ccccc21)C1CCCCCC1. The molecule has 1 unspecified atom stereocenters. The zero-order chi connectivity index (χ0) is 13.8. The van der Waals surface area contributed by atoms with Crippen LogP contribution in [0, 0.1) is 0 Å². The Labute approximate surface area is 123 Å². The van der Waals surface area contributed by atoms with E-state index in [1.165, 1.54) is 62.7 Å². The van der Waals surface area contributed by atoms with Gasteiger partial charge in [0, 0.05) is 24.2 Å². The van der Waals surface area contributed by atoms with E-state index in [4.69, 9.17) is 0 Å². The molecule has 0 spiro atoms. The van der Waals surface area contributed by atoms with Gasteiger partial charge >= 0.3 is 0 Å². The molecule has 1 fully saturated rings. The third-order valence-electron chi connectivity index (χ3n) is 5.22. The maximum Gasteiger partial charge on any atom is 0.0376 e. The molecule has 2 nitrogen and oxygen atoms in total. The van der Waals surface area contributed by atoms with Gasteiger partial charge in [0.2, 0.25) is 0 Å².